The first-order valence-electron chi connectivity index (χ1n) is 4.32. The van der Waals surface area contributed by atoms with Crippen LogP contribution in [0.25, 0.3) is 0 Å². The van der Waals surface area contributed by atoms with Crippen molar-refractivity contribution in [1.29, 1.82) is 0 Å². The third-order valence-corrected chi connectivity index (χ3v) is 3.56. The van der Waals surface area contributed by atoms with E-state index in [9.17, 15) is 4.21 Å². The van der Waals surface area contributed by atoms with Crippen LogP contribution in [0.15, 0.2) is 12.4 Å². The van der Waals surface area contributed by atoms with E-state index in [0.717, 1.165) is 17.9 Å². The van der Waals surface area contributed by atoms with Crippen LogP contribution in [0.4, 0.5) is 0 Å². The molecule has 0 aromatic carbocycles. The summed E-state index contributed by atoms with van der Waals surface area (Å²) in [6.07, 6.45) is 3.81. The van der Waals surface area contributed by atoms with Crippen LogP contribution in [0, 0.1) is 0 Å². The lowest BCUT2D eigenvalue weighted by molar-refractivity contribution is 0.571. The van der Waals surface area contributed by atoms with Crippen LogP contribution in [0.5, 0.6) is 0 Å². The number of rotatable bonds is 1. The molecule has 2 heterocycles. The summed E-state index contributed by atoms with van der Waals surface area (Å²) >= 11 is 0. The van der Waals surface area contributed by atoms with Crippen molar-refractivity contribution >= 4 is 10.8 Å². The van der Waals surface area contributed by atoms with Gasteiger partial charge < -0.3 is 5.32 Å². The Bertz CT molecular complexity index is 323. The summed E-state index contributed by atoms with van der Waals surface area (Å²) in [4.78, 5) is 0. The molecular formula is C8H13N3OS. The largest absolute Gasteiger partial charge is 0.308 e. The summed E-state index contributed by atoms with van der Waals surface area (Å²) in [5, 5.41) is 7.43. The van der Waals surface area contributed by atoms with Gasteiger partial charge in [-0.3, -0.25) is 8.89 Å². The molecule has 0 radical (unpaired) electrons. The summed E-state index contributed by atoms with van der Waals surface area (Å²) in [7, 11) is 1.23. The first-order valence-corrected chi connectivity index (χ1v) is 5.81. The summed E-state index contributed by atoms with van der Waals surface area (Å²) < 4.78 is 13.1. The molecule has 72 valence electrons. The molecule has 2 rings (SSSR count). The molecule has 2 atom stereocenters. The van der Waals surface area contributed by atoms with Crippen molar-refractivity contribution in [3.05, 3.63) is 18.0 Å². The Balaban J connectivity index is 2.12. The first kappa shape index (κ1) is 8.90. The minimum Gasteiger partial charge on any atom is -0.308 e. The van der Waals surface area contributed by atoms with Gasteiger partial charge in [-0.05, 0) is 0 Å². The predicted molar refractivity (Wildman–Crippen MR) is 51.8 cm³/mol. The van der Waals surface area contributed by atoms with Crippen LogP contribution in [-0.2, 0) is 17.8 Å². The van der Waals surface area contributed by atoms with Gasteiger partial charge in [0.25, 0.3) is 0 Å². The first-order chi connectivity index (χ1) is 6.25. The van der Waals surface area contributed by atoms with Crippen molar-refractivity contribution in [2.75, 3.05) is 18.1 Å². The molecule has 5 heteroatoms. The standard InChI is InChI=1S/C8H13N3OS/c1-11-5-7(4-10-11)8-6-13(12)3-2-9-8/h4-5,8-9H,2-3,6H2,1H3/t8-,13-/m1/s1. The van der Waals surface area contributed by atoms with Crippen LogP contribution in [0.3, 0.4) is 0 Å². The maximum Gasteiger partial charge on any atom is 0.0537 e. The highest BCUT2D eigenvalue weighted by Crippen LogP contribution is 2.15. The molecule has 0 unspecified atom stereocenters. The molecule has 1 aliphatic heterocycles. The van der Waals surface area contributed by atoms with E-state index in [1.807, 2.05) is 19.4 Å². The van der Waals surface area contributed by atoms with E-state index in [2.05, 4.69) is 10.4 Å². The van der Waals surface area contributed by atoms with Crippen LogP contribution >= 0.6 is 0 Å². The predicted octanol–water partition coefficient (Wildman–Crippen LogP) is -0.187. The molecule has 0 amide bonds. The Hall–Kier alpha value is -0.680. The van der Waals surface area contributed by atoms with Crippen molar-refractivity contribution in [3.8, 4) is 0 Å². The van der Waals surface area contributed by atoms with E-state index in [0.29, 0.717) is 5.75 Å². The Kier molecular flexibility index (Phi) is 2.46. The molecule has 0 bridgehead atoms. The third kappa shape index (κ3) is 1.97. The molecule has 1 N–H and O–H groups in total. The summed E-state index contributed by atoms with van der Waals surface area (Å²) in [6, 6.07) is 0.225. The zero-order valence-electron chi connectivity index (χ0n) is 7.56. The van der Waals surface area contributed by atoms with Crippen LogP contribution in [0.2, 0.25) is 0 Å². The van der Waals surface area contributed by atoms with E-state index in [1.165, 1.54) is 0 Å². The average Bonchev–Trinajstić information content (AvgIpc) is 2.52. The molecule has 4 nitrogen and oxygen atoms in total. The van der Waals surface area contributed by atoms with Crippen molar-refractivity contribution in [1.82, 2.24) is 15.1 Å². The molecular weight excluding hydrogens is 186 g/mol. The summed E-state index contributed by atoms with van der Waals surface area (Å²) in [6.45, 7) is 0.839. The lowest BCUT2D eigenvalue weighted by Crippen LogP contribution is -2.36. The SMILES string of the molecule is Cn1cc([C@H]2C[S@](=O)CCN2)cn1. The van der Waals surface area contributed by atoms with E-state index < -0.39 is 10.8 Å². The van der Waals surface area contributed by atoms with Gasteiger partial charge >= 0.3 is 0 Å². The number of hydrogen-bond acceptors (Lipinski definition) is 3. The Labute approximate surface area is 79.8 Å². The average molecular weight is 199 g/mol. The van der Waals surface area contributed by atoms with Gasteiger partial charge in [-0.25, -0.2) is 0 Å². The molecule has 1 aromatic heterocycles. The number of aromatic nitrogens is 2. The van der Waals surface area contributed by atoms with Crippen LogP contribution < -0.4 is 5.32 Å². The van der Waals surface area contributed by atoms with Gasteiger partial charge in [-0.2, -0.15) is 5.10 Å². The topological polar surface area (TPSA) is 46.9 Å². The third-order valence-electron chi connectivity index (χ3n) is 2.20. The van der Waals surface area contributed by atoms with Gasteiger partial charge in [0, 0.05) is 53.7 Å². The maximum absolute atomic E-state index is 11.3. The second-order valence-electron chi connectivity index (χ2n) is 3.26. The molecule has 0 aliphatic carbocycles. The second kappa shape index (κ2) is 3.59. The highest BCUT2D eigenvalue weighted by atomic mass is 32.2. The molecule has 1 saturated heterocycles. The minimum atomic E-state index is -0.661. The zero-order chi connectivity index (χ0) is 9.26. The molecule has 1 aromatic rings. The number of hydrogen-bond donors (Lipinski definition) is 1. The fraction of sp³-hybridized carbons (Fsp3) is 0.625. The van der Waals surface area contributed by atoms with Crippen molar-refractivity contribution in [3.63, 3.8) is 0 Å². The van der Waals surface area contributed by atoms with Gasteiger partial charge in [0.2, 0.25) is 0 Å². The van der Waals surface area contributed by atoms with E-state index in [4.69, 9.17) is 0 Å². The van der Waals surface area contributed by atoms with Crippen LogP contribution in [-0.4, -0.2) is 32.0 Å². The van der Waals surface area contributed by atoms with Gasteiger partial charge in [0.1, 0.15) is 0 Å². The van der Waals surface area contributed by atoms with Gasteiger partial charge in [-0.15, -0.1) is 0 Å². The summed E-state index contributed by atoms with van der Waals surface area (Å²) in [5.74, 6) is 1.49. The van der Waals surface area contributed by atoms with Crippen LogP contribution in [0.1, 0.15) is 11.6 Å². The van der Waals surface area contributed by atoms with Gasteiger partial charge in [0.15, 0.2) is 0 Å². The quantitative estimate of drug-likeness (QED) is 0.682. The Morgan fingerprint density at radius 3 is 3.23 bits per heavy atom. The van der Waals surface area contributed by atoms with Crippen molar-refractivity contribution < 1.29 is 4.21 Å². The smallest absolute Gasteiger partial charge is 0.0537 e. The zero-order valence-corrected chi connectivity index (χ0v) is 8.38. The molecule has 1 aliphatic rings. The molecule has 0 spiro atoms. The Morgan fingerprint density at radius 1 is 1.77 bits per heavy atom. The number of nitrogens with one attached hydrogen (secondary N) is 1. The fourth-order valence-corrected chi connectivity index (χ4v) is 2.70. The normalized spacial score (nSPS) is 29.0. The Morgan fingerprint density at radius 2 is 2.62 bits per heavy atom. The highest BCUT2D eigenvalue weighted by molar-refractivity contribution is 7.85. The monoisotopic (exact) mass is 199 g/mol. The number of nitrogens with zero attached hydrogens (tertiary/aromatic N) is 2. The van der Waals surface area contributed by atoms with Crippen molar-refractivity contribution in [2.45, 2.75) is 6.04 Å². The van der Waals surface area contributed by atoms with E-state index >= 15 is 0 Å². The lowest BCUT2D eigenvalue weighted by atomic mass is 10.2. The van der Waals surface area contributed by atoms with E-state index in [-0.39, 0.29) is 6.04 Å². The van der Waals surface area contributed by atoms with Gasteiger partial charge in [-0.1, -0.05) is 0 Å². The van der Waals surface area contributed by atoms with Gasteiger partial charge in [0.05, 0.1) is 6.20 Å². The fourth-order valence-electron chi connectivity index (χ4n) is 1.51. The highest BCUT2D eigenvalue weighted by Gasteiger charge is 2.20. The van der Waals surface area contributed by atoms with Crippen molar-refractivity contribution in [2.24, 2.45) is 7.05 Å². The molecule has 13 heavy (non-hydrogen) atoms. The minimum absolute atomic E-state index is 0.225. The lowest BCUT2D eigenvalue weighted by Gasteiger charge is -2.21. The number of aryl methyl sites for hydroxylation is 1. The maximum atomic E-state index is 11.3. The second-order valence-corrected chi connectivity index (χ2v) is 4.89. The summed E-state index contributed by atoms with van der Waals surface area (Å²) in [5.41, 5.74) is 1.13. The van der Waals surface area contributed by atoms with E-state index in [1.54, 1.807) is 4.68 Å². The molecule has 1 fully saturated rings. The molecule has 0 saturated carbocycles.